The number of benzene rings is 2. The van der Waals surface area contributed by atoms with Crippen LogP contribution in [0.2, 0.25) is 5.02 Å². The topological polar surface area (TPSA) is 70.2 Å². The number of aryl methyl sites for hydroxylation is 1. The number of halogens is 1. The number of nitrogens with zero attached hydrogens (tertiary/aromatic N) is 3. The summed E-state index contributed by atoms with van der Waals surface area (Å²) >= 11 is 6.08. The Morgan fingerprint density at radius 3 is 2.24 bits per heavy atom. The van der Waals surface area contributed by atoms with Crippen molar-refractivity contribution in [3.63, 3.8) is 0 Å². The van der Waals surface area contributed by atoms with Gasteiger partial charge in [-0.25, -0.2) is 4.98 Å². The minimum absolute atomic E-state index is 0.0507. The van der Waals surface area contributed by atoms with E-state index < -0.39 is 5.41 Å². The van der Waals surface area contributed by atoms with Gasteiger partial charge in [-0.2, -0.15) is 4.98 Å². The number of anilines is 4. The maximum absolute atomic E-state index is 13.4. The molecule has 0 bridgehead atoms. The van der Waals surface area contributed by atoms with Gasteiger partial charge in [-0.1, -0.05) is 36.6 Å². The van der Waals surface area contributed by atoms with Gasteiger partial charge in [0.25, 0.3) is 0 Å². The summed E-state index contributed by atoms with van der Waals surface area (Å²) in [6.07, 6.45) is 6.19. The fourth-order valence-electron chi connectivity index (χ4n) is 5.11. The van der Waals surface area contributed by atoms with Crippen LogP contribution in [-0.2, 0) is 10.2 Å². The van der Waals surface area contributed by atoms with Crippen LogP contribution in [0.3, 0.4) is 0 Å². The number of hydrogen-bond donors (Lipinski definition) is 2. The molecule has 2 aliphatic rings. The summed E-state index contributed by atoms with van der Waals surface area (Å²) in [4.78, 5) is 25.0. The highest BCUT2D eigenvalue weighted by Crippen LogP contribution is 2.42. The monoisotopic (exact) mass is 475 g/mol. The molecule has 1 aliphatic heterocycles. The highest BCUT2D eigenvalue weighted by atomic mass is 35.5. The lowest BCUT2D eigenvalue weighted by Gasteiger charge is -2.28. The molecule has 5 rings (SSSR count). The Hall–Kier alpha value is -3.12. The Kier molecular flexibility index (Phi) is 6.42. The van der Waals surface area contributed by atoms with Crippen molar-refractivity contribution < 1.29 is 4.79 Å². The first kappa shape index (κ1) is 22.7. The maximum atomic E-state index is 13.4. The van der Waals surface area contributed by atoms with Gasteiger partial charge >= 0.3 is 0 Å². The highest BCUT2D eigenvalue weighted by molar-refractivity contribution is 6.30. The normalized spacial score (nSPS) is 17.1. The van der Waals surface area contributed by atoms with Crippen LogP contribution in [-0.4, -0.2) is 29.0 Å². The minimum atomic E-state index is -0.494. The average molecular weight is 476 g/mol. The van der Waals surface area contributed by atoms with E-state index in [2.05, 4.69) is 20.5 Å². The summed E-state index contributed by atoms with van der Waals surface area (Å²) in [5.74, 6) is 1.61. The van der Waals surface area contributed by atoms with Crippen molar-refractivity contribution in [1.82, 2.24) is 9.97 Å². The van der Waals surface area contributed by atoms with Gasteiger partial charge in [0.15, 0.2) is 0 Å². The second-order valence-electron chi connectivity index (χ2n) is 9.34. The quantitative estimate of drug-likeness (QED) is 0.442. The number of carbonyl (C=O) groups is 1. The summed E-state index contributed by atoms with van der Waals surface area (Å²) in [7, 11) is 0. The van der Waals surface area contributed by atoms with Crippen LogP contribution >= 0.6 is 11.6 Å². The van der Waals surface area contributed by atoms with E-state index in [1.54, 1.807) is 0 Å². The molecule has 0 spiro atoms. The fourth-order valence-corrected chi connectivity index (χ4v) is 5.23. The van der Waals surface area contributed by atoms with E-state index in [1.165, 1.54) is 12.8 Å². The first-order valence-corrected chi connectivity index (χ1v) is 12.4. The van der Waals surface area contributed by atoms with Gasteiger partial charge in [0, 0.05) is 41.2 Å². The smallest absolute Gasteiger partial charge is 0.235 e. The Bertz CT molecular complexity index is 1150. The molecule has 1 saturated carbocycles. The first-order valence-electron chi connectivity index (χ1n) is 12.1. The van der Waals surface area contributed by atoms with E-state index in [9.17, 15) is 4.79 Å². The van der Waals surface area contributed by atoms with Crippen molar-refractivity contribution in [2.75, 3.05) is 28.6 Å². The predicted octanol–water partition coefficient (Wildman–Crippen LogP) is 6.23. The number of aromatic nitrogens is 2. The van der Waals surface area contributed by atoms with E-state index in [0.717, 1.165) is 73.2 Å². The molecule has 176 valence electrons. The van der Waals surface area contributed by atoms with Crippen molar-refractivity contribution in [3.8, 4) is 0 Å². The largest absolute Gasteiger partial charge is 0.341 e. The summed E-state index contributed by atoms with van der Waals surface area (Å²) in [6, 6.07) is 17.5. The van der Waals surface area contributed by atoms with Crippen LogP contribution in [0.25, 0.3) is 0 Å². The van der Waals surface area contributed by atoms with Crippen molar-refractivity contribution >= 4 is 40.6 Å². The third-order valence-electron chi connectivity index (χ3n) is 6.94. The summed E-state index contributed by atoms with van der Waals surface area (Å²) in [5, 5.41) is 7.22. The van der Waals surface area contributed by atoms with Gasteiger partial charge in [-0.3, -0.25) is 4.79 Å². The molecular weight excluding hydrogens is 446 g/mol. The standard InChI is InChI=1S/C27H30ClN5O/c1-19-18-24(32-26(29-19)33-16-4-5-17-33)30-22-10-12-23(13-11-22)31-25(34)27(14-2-3-15-27)20-6-8-21(28)9-7-20/h6-13,18H,2-5,14-17H2,1H3,(H,31,34)(H,29,30,32). The average Bonchev–Trinajstić information content (AvgIpc) is 3.54. The molecule has 7 heteroatoms. The summed E-state index contributed by atoms with van der Waals surface area (Å²) < 4.78 is 0. The third-order valence-corrected chi connectivity index (χ3v) is 7.19. The molecule has 0 unspecified atom stereocenters. The predicted molar refractivity (Wildman–Crippen MR) is 138 cm³/mol. The first-order chi connectivity index (χ1) is 16.5. The third kappa shape index (κ3) is 4.73. The zero-order chi connectivity index (χ0) is 23.5. The van der Waals surface area contributed by atoms with Crippen molar-refractivity contribution in [3.05, 3.63) is 70.9 Å². The molecule has 1 saturated heterocycles. The SMILES string of the molecule is Cc1cc(Nc2ccc(NC(=O)C3(c4ccc(Cl)cc4)CCCC3)cc2)nc(N2CCCC2)n1. The lowest BCUT2D eigenvalue weighted by Crippen LogP contribution is -2.37. The zero-order valence-electron chi connectivity index (χ0n) is 19.5. The lowest BCUT2D eigenvalue weighted by molar-refractivity contribution is -0.121. The second-order valence-corrected chi connectivity index (χ2v) is 9.78. The molecule has 0 atom stereocenters. The van der Waals surface area contributed by atoms with Gasteiger partial charge in [0.2, 0.25) is 11.9 Å². The van der Waals surface area contributed by atoms with Crippen LogP contribution in [0, 0.1) is 6.92 Å². The van der Waals surface area contributed by atoms with Crippen molar-refractivity contribution in [2.24, 2.45) is 0 Å². The molecule has 2 heterocycles. The number of rotatable bonds is 6. The molecule has 1 aliphatic carbocycles. The van der Waals surface area contributed by atoms with E-state index in [0.29, 0.717) is 5.02 Å². The molecule has 34 heavy (non-hydrogen) atoms. The Morgan fingerprint density at radius 2 is 1.56 bits per heavy atom. The molecule has 3 aromatic rings. The molecule has 2 N–H and O–H groups in total. The molecule has 1 aromatic heterocycles. The number of carbonyl (C=O) groups excluding carboxylic acids is 1. The maximum Gasteiger partial charge on any atom is 0.235 e. The van der Waals surface area contributed by atoms with E-state index in [-0.39, 0.29) is 5.91 Å². The van der Waals surface area contributed by atoms with E-state index >= 15 is 0 Å². The molecule has 6 nitrogen and oxygen atoms in total. The highest BCUT2D eigenvalue weighted by Gasteiger charge is 2.42. The number of nitrogens with one attached hydrogen (secondary N) is 2. The van der Waals surface area contributed by atoms with Gasteiger partial charge in [-0.15, -0.1) is 0 Å². The minimum Gasteiger partial charge on any atom is -0.341 e. The van der Waals surface area contributed by atoms with Crippen LogP contribution in [0.5, 0.6) is 0 Å². The molecule has 0 radical (unpaired) electrons. The second kappa shape index (κ2) is 9.63. The van der Waals surface area contributed by atoms with Gasteiger partial charge in [0.05, 0.1) is 5.41 Å². The fraction of sp³-hybridized carbons (Fsp3) is 0.370. The van der Waals surface area contributed by atoms with Crippen LogP contribution in [0.1, 0.15) is 49.8 Å². The van der Waals surface area contributed by atoms with Crippen molar-refractivity contribution in [1.29, 1.82) is 0 Å². The molecule has 2 aromatic carbocycles. The Morgan fingerprint density at radius 1 is 0.912 bits per heavy atom. The van der Waals surface area contributed by atoms with Gasteiger partial charge in [0.1, 0.15) is 5.82 Å². The van der Waals surface area contributed by atoms with Crippen LogP contribution in [0.4, 0.5) is 23.1 Å². The van der Waals surface area contributed by atoms with Gasteiger partial charge < -0.3 is 15.5 Å². The van der Waals surface area contributed by atoms with E-state index in [4.69, 9.17) is 16.6 Å². The molecule has 1 amide bonds. The molecular formula is C27H30ClN5O. The van der Waals surface area contributed by atoms with Gasteiger partial charge in [-0.05, 0) is 74.6 Å². The lowest BCUT2D eigenvalue weighted by atomic mass is 9.78. The summed E-state index contributed by atoms with van der Waals surface area (Å²) in [5.41, 5.74) is 3.18. The number of hydrogen-bond acceptors (Lipinski definition) is 5. The van der Waals surface area contributed by atoms with Crippen LogP contribution in [0.15, 0.2) is 54.6 Å². The Labute approximate surface area is 205 Å². The van der Waals surface area contributed by atoms with E-state index in [1.807, 2.05) is 61.5 Å². The zero-order valence-corrected chi connectivity index (χ0v) is 20.2. The molecule has 2 fully saturated rings. The van der Waals surface area contributed by atoms with Crippen molar-refractivity contribution in [2.45, 2.75) is 50.9 Å². The number of amides is 1. The summed E-state index contributed by atoms with van der Waals surface area (Å²) in [6.45, 7) is 4.01. The van der Waals surface area contributed by atoms with Crippen LogP contribution < -0.4 is 15.5 Å². The Balaban J connectivity index is 1.29.